The number of rotatable bonds is 2. The van der Waals surface area contributed by atoms with Gasteiger partial charge in [0.2, 0.25) is 5.91 Å². The number of nitrogens with zero attached hydrogens (tertiary/aromatic N) is 1. The predicted octanol–water partition coefficient (Wildman–Crippen LogP) is 0.652. The highest BCUT2D eigenvalue weighted by atomic mass is 19.1. The molecule has 1 amide bonds. The van der Waals surface area contributed by atoms with Crippen LogP contribution in [0.25, 0.3) is 0 Å². The minimum Gasteiger partial charge on any atom is -0.464 e. The lowest BCUT2D eigenvalue weighted by atomic mass is 9.94. The zero-order chi connectivity index (χ0) is 11.1. The van der Waals surface area contributed by atoms with Crippen LogP contribution >= 0.6 is 0 Å². The molecule has 2 heterocycles. The molecule has 2 aliphatic heterocycles. The van der Waals surface area contributed by atoms with Crippen molar-refractivity contribution in [2.45, 2.75) is 37.9 Å². The Morgan fingerprint density at radius 3 is 3.13 bits per heavy atom. The molecule has 0 saturated carbocycles. The number of hydrogen-bond acceptors (Lipinski definition) is 3. The van der Waals surface area contributed by atoms with Crippen molar-refractivity contribution < 1.29 is 18.7 Å². The van der Waals surface area contributed by atoms with Crippen LogP contribution in [-0.4, -0.2) is 41.6 Å². The number of fused-ring (bicyclic) bond motifs is 1. The Balaban J connectivity index is 2.24. The van der Waals surface area contributed by atoms with Crippen molar-refractivity contribution in [1.82, 2.24) is 4.90 Å². The van der Waals surface area contributed by atoms with Crippen LogP contribution < -0.4 is 0 Å². The predicted molar refractivity (Wildman–Crippen MR) is 49.8 cm³/mol. The molecule has 0 radical (unpaired) electrons. The first-order valence-corrected chi connectivity index (χ1v) is 5.22. The highest BCUT2D eigenvalue weighted by Gasteiger charge is 2.58. The van der Waals surface area contributed by atoms with E-state index in [1.165, 1.54) is 4.90 Å². The van der Waals surface area contributed by atoms with Crippen molar-refractivity contribution in [1.29, 1.82) is 0 Å². The largest absolute Gasteiger partial charge is 0.464 e. The van der Waals surface area contributed by atoms with Gasteiger partial charge < -0.3 is 9.64 Å². The molecule has 0 aromatic heterocycles. The van der Waals surface area contributed by atoms with E-state index in [4.69, 9.17) is 4.74 Å². The highest BCUT2D eigenvalue weighted by Crippen LogP contribution is 2.41. The third-order valence-electron chi connectivity index (χ3n) is 3.17. The Morgan fingerprint density at radius 2 is 2.47 bits per heavy atom. The molecule has 5 heteroatoms. The molecule has 0 unspecified atom stereocenters. The number of halogens is 1. The maximum atomic E-state index is 13.3. The van der Waals surface area contributed by atoms with Gasteiger partial charge in [0.1, 0.15) is 11.7 Å². The summed E-state index contributed by atoms with van der Waals surface area (Å²) < 4.78 is 18.2. The van der Waals surface area contributed by atoms with Gasteiger partial charge in [-0.2, -0.15) is 0 Å². The van der Waals surface area contributed by atoms with Crippen molar-refractivity contribution in [2.75, 3.05) is 13.2 Å². The molecular weight excluding hydrogens is 201 g/mol. The van der Waals surface area contributed by atoms with Crippen molar-refractivity contribution in [3.63, 3.8) is 0 Å². The molecule has 84 valence electrons. The van der Waals surface area contributed by atoms with Crippen LogP contribution in [0.1, 0.15) is 26.2 Å². The summed E-state index contributed by atoms with van der Waals surface area (Å²) in [5.41, 5.74) is -0.994. The molecule has 2 rings (SSSR count). The monoisotopic (exact) mass is 215 g/mol. The second-order valence-corrected chi connectivity index (χ2v) is 4.06. The van der Waals surface area contributed by atoms with Crippen LogP contribution in [0.4, 0.5) is 4.39 Å². The molecule has 4 nitrogen and oxygen atoms in total. The number of carbonyl (C=O) groups is 2. The van der Waals surface area contributed by atoms with Gasteiger partial charge in [-0.25, -0.2) is 9.18 Å². The number of esters is 1. The maximum absolute atomic E-state index is 13.3. The Kier molecular flexibility index (Phi) is 2.40. The molecule has 2 aliphatic rings. The average molecular weight is 215 g/mol. The van der Waals surface area contributed by atoms with Gasteiger partial charge in [-0.1, -0.05) is 0 Å². The van der Waals surface area contributed by atoms with E-state index < -0.39 is 17.7 Å². The zero-order valence-electron chi connectivity index (χ0n) is 8.66. The van der Waals surface area contributed by atoms with Crippen LogP contribution in [-0.2, 0) is 14.3 Å². The standard InChI is InChI=1S/C10H14FNO3/c1-2-15-9(14)10-4-3-8(13)12(10)6-7(11)5-10/h7H,2-6H2,1H3/t7-,10+/m0/s1. The minimum atomic E-state index is -1.10. The quantitative estimate of drug-likeness (QED) is 0.635. The zero-order valence-corrected chi connectivity index (χ0v) is 8.66. The van der Waals surface area contributed by atoms with Gasteiger partial charge in [0.05, 0.1) is 13.2 Å². The summed E-state index contributed by atoms with van der Waals surface area (Å²) >= 11 is 0. The SMILES string of the molecule is CCOC(=O)[C@]12CCC(=O)N1C[C@@H](F)C2. The first-order chi connectivity index (χ1) is 7.10. The lowest BCUT2D eigenvalue weighted by molar-refractivity contribution is -0.157. The van der Waals surface area contributed by atoms with E-state index in [2.05, 4.69) is 0 Å². The molecule has 0 bridgehead atoms. The molecule has 15 heavy (non-hydrogen) atoms. The van der Waals surface area contributed by atoms with Crippen LogP contribution in [0.15, 0.2) is 0 Å². The summed E-state index contributed by atoms with van der Waals surface area (Å²) in [4.78, 5) is 24.6. The summed E-state index contributed by atoms with van der Waals surface area (Å²) in [5.74, 6) is -0.584. The van der Waals surface area contributed by atoms with Crippen LogP contribution in [0.5, 0.6) is 0 Å². The first-order valence-electron chi connectivity index (χ1n) is 5.22. The van der Waals surface area contributed by atoms with E-state index in [-0.39, 0.29) is 25.5 Å². The van der Waals surface area contributed by atoms with Gasteiger partial charge in [0.15, 0.2) is 0 Å². The number of carbonyl (C=O) groups excluding carboxylic acids is 2. The molecule has 2 atom stereocenters. The Hall–Kier alpha value is -1.13. The third-order valence-corrected chi connectivity index (χ3v) is 3.17. The molecule has 0 aromatic carbocycles. The summed E-state index contributed by atoms with van der Waals surface area (Å²) in [6.45, 7) is 2.01. The van der Waals surface area contributed by atoms with Crippen molar-refractivity contribution in [2.24, 2.45) is 0 Å². The number of ether oxygens (including phenoxy) is 1. The molecule has 0 aliphatic carbocycles. The van der Waals surface area contributed by atoms with E-state index in [0.717, 1.165) is 0 Å². The molecule has 2 saturated heterocycles. The second-order valence-electron chi connectivity index (χ2n) is 4.06. The maximum Gasteiger partial charge on any atom is 0.332 e. The Labute approximate surface area is 87.4 Å². The van der Waals surface area contributed by atoms with E-state index in [1.807, 2.05) is 0 Å². The number of amides is 1. The Bertz CT molecular complexity index is 307. The van der Waals surface area contributed by atoms with E-state index >= 15 is 0 Å². The minimum absolute atomic E-state index is 0.0393. The third kappa shape index (κ3) is 1.41. The van der Waals surface area contributed by atoms with Gasteiger partial charge in [0, 0.05) is 12.8 Å². The van der Waals surface area contributed by atoms with Gasteiger partial charge in [-0.3, -0.25) is 4.79 Å². The average Bonchev–Trinajstić information content (AvgIpc) is 2.66. The van der Waals surface area contributed by atoms with Crippen molar-refractivity contribution in [3.05, 3.63) is 0 Å². The number of hydrogen-bond donors (Lipinski definition) is 0. The van der Waals surface area contributed by atoms with E-state index in [9.17, 15) is 14.0 Å². The lowest BCUT2D eigenvalue weighted by Crippen LogP contribution is -2.48. The Morgan fingerprint density at radius 1 is 1.73 bits per heavy atom. The summed E-state index contributed by atoms with van der Waals surface area (Å²) in [6, 6.07) is 0. The lowest BCUT2D eigenvalue weighted by Gasteiger charge is -2.28. The smallest absolute Gasteiger partial charge is 0.332 e. The van der Waals surface area contributed by atoms with Crippen LogP contribution in [0.2, 0.25) is 0 Å². The van der Waals surface area contributed by atoms with Gasteiger partial charge in [0.25, 0.3) is 0 Å². The van der Waals surface area contributed by atoms with Crippen molar-refractivity contribution in [3.8, 4) is 0 Å². The van der Waals surface area contributed by atoms with E-state index in [0.29, 0.717) is 12.8 Å². The van der Waals surface area contributed by atoms with Gasteiger partial charge in [-0.15, -0.1) is 0 Å². The molecule has 0 spiro atoms. The second kappa shape index (κ2) is 3.47. The van der Waals surface area contributed by atoms with Crippen LogP contribution in [0, 0.1) is 0 Å². The molecule has 0 aromatic rings. The van der Waals surface area contributed by atoms with Gasteiger partial charge >= 0.3 is 5.97 Å². The molecule has 0 N–H and O–H groups in total. The van der Waals surface area contributed by atoms with Crippen LogP contribution in [0.3, 0.4) is 0 Å². The van der Waals surface area contributed by atoms with Gasteiger partial charge in [-0.05, 0) is 13.3 Å². The normalized spacial score (nSPS) is 34.4. The van der Waals surface area contributed by atoms with E-state index in [1.54, 1.807) is 6.92 Å². The molecule has 2 fully saturated rings. The fraction of sp³-hybridized carbons (Fsp3) is 0.800. The summed E-state index contributed by atoms with van der Waals surface area (Å²) in [6.07, 6.45) is -0.285. The fourth-order valence-electron chi connectivity index (χ4n) is 2.50. The number of alkyl halides is 1. The fourth-order valence-corrected chi connectivity index (χ4v) is 2.50. The molecular formula is C10H14FNO3. The topological polar surface area (TPSA) is 46.6 Å². The summed E-state index contributed by atoms with van der Waals surface area (Å²) in [7, 11) is 0. The summed E-state index contributed by atoms with van der Waals surface area (Å²) in [5, 5.41) is 0. The highest BCUT2D eigenvalue weighted by molar-refractivity contribution is 5.92. The first kappa shape index (κ1) is 10.4. The van der Waals surface area contributed by atoms with Crippen molar-refractivity contribution >= 4 is 11.9 Å².